The predicted molar refractivity (Wildman–Crippen MR) is 120 cm³/mol. The Morgan fingerprint density at radius 1 is 1.10 bits per heavy atom. The maximum Gasteiger partial charge on any atom is 0.338 e. The van der Waals surface area contributed by atoms with Crippen LogP contribution >= 0.6 is 0 Å². The molecule has 1 N–H and O–H groups in total. The molecular weight excluding hydrogens is 420 g/mol. The van der Waals surface area contributed by atoms with Crippen molar-refractivity contribution >= 4 is 33.3 Å². The van der Waals surface area contributed by atoms with Crippen molar-refractivity contribution in [2.75, 3.05) is 29.6 Å². The van der Waals surface area contributed by atoms with E-state index < -0.39 is 27.9 Å². The highest BCUT2D eigenvalue weighted by atomic mass is 32.2. The number of methoxy groups -OCH3 is 1. The molecule has 8 nitrogen and oxygen atoms in total. The number of anilines is 2. The average molecular weight is 449 g/mol. The van der Waals surface area contributed by atoms with Gasteiger partial charge >= 0.3 is 5.97 Å². The molecule has 0 aliphatic carbocycles. The van der Waals surface area contributed by atoms with E-state index in [9.17, 15) is 18.0 Å². The molecule has 2 aromatic rings. The fraction of sp³-hybridized carbons (Fsp3) is 0.364. The molecule has 9 heteroatoms. The lowest BCUT2D eigenvalue weighted by Gasteiger charge is -2.30. The van der Waals surface area contributed by atoms with E-state index in [1.54, 1.807) is 63.2 Å². The zero-order valence-electron chi connectivity index (χ0n) is 18.3. The number of esters is 1. The molecule has 0 aromatic heterocycles. The summed E-state index contributed by atoms with van der Waals surface area (Å²) in [6.07, 6.45) is 1.32. The molecule has 0 spiro atoms. The number of benzene rings is 2. The molecule has 1 unspecified atom stereocenters. The Labute approximate surface area is 183 Å². The Morgan fingerprint density at radius 2 is 1.74 bits per heavy atom. The van der Waals surface area contributed by atoms with E-state index >= 15 is 0 Å². The Morgan fingerprint density at radius 3 is 2.23 bits per heavy atom. The number of hydrogen-bond acceptors (Lipinski definition) is 6. The summed E-state index contributed by atoms with van der Waals surface area (Å²) < 4.78 is 36.3. The van der Waals surface area contributed by atoms with Gasteiger partial charge in [-0.3, -0.25) is 9.10 Å². The summed E-state index contributed by atoms with van der Waals surface area (Å²) in [5.41, 5.74) is 1.88. The van der Waals surface area contributed by atoms with Gasteiger partial charge in [-0.1, -0.05) is 6.92 Å². The molecule has 0 radical (unpaired) electrons. The number of rotatable bonds is 9. The van der Waals surface area contributed by atoms with Crippen LogP contribution < -0.4 is 14.4 Å². The Kier molecular flexibility index (Phi) is 8.04. The summed E-state index contributed by atoms with van der Waals surface area (Å²) >= 11 is 0. The molecule has 1 amide bonds. The molecule has 0 heterocycles. The number of hydrogen-bond donors (Lipinski definition) is 1. The van der Waals surface area contributed by atoms with Crippen LogP contribution in [-0.2, 0) is 19.6 Å². The fourth-order valence-electron chi connectivity index (χ4n) is 3.15. The Balaban J connectivity index is 2.32. The van der Waals surface area contributed by atoms with Gasteiger partial charge in [-0.05, 0) is 68.3 Å². The number of nitrogens with zero attached hydrogens (tertiary/aromatic N) is 1. The van der Waals surface area contributed by atoms with E-state index in [4.69, 9.17) is 9.47 Å². The van der Waals surface area contributed by atoms with Crippen LogP contribution in [0.15, 0.2) is 42.5 Å². The second-order valence-electron chi connectivity index (χ2n) is 6.92. The van der Waals surface area contributed by atoms with Crippen LogP contribution in [-0.4, -0.2) is 46.3 Å². The van der Waals surface area contributed by atoms with E-state index in [-0.39, 0.29) is 13.0 Å². The molecule has 0 saturated heterocycles. The van der Waals surface area contributed by atoms with E-state index in [2.05, 4.69) is 5.32 Å². The van der Waals surface area contributed by atoms with Crippen molar-refractivity contribution in [2.24, 2.45) is 0 Å². The quantitative estimate of drug-likeness (QED) is 0.590. The first kappa shape index (κ1) is 24.2. The van der Waals surface area contributed by atoms with Gasteiger partial charge in [0.15, 0.2) is 0 Å². The molecule has 0 fully saturated rings. The molecule has 2 aromatic carbocycles. The highest BCUT2D eigenvalue weighted by molar-refractivity contribution is 7.92. The molecule has 0 saturated carbocycles. The van der Waals surface area contributed by atoms with Crippen LogP contribution in [0.2, 0.25) is 0 Å². The van der Waals surface area contributed by atoms with E-state index in [0.717, 1.165) is 10.6 Å². The van der Waals surface area contributed by atoms with Gasteiger partial charge in [0.05, 0.1) is 31.2 Å². The molecule has 0 aliphatic heterocycles. The summed E-state index contributed by atoms with van der Waals surface area (Å²) in [6, 6.07) is 10.3. The Hall–Kier alpha value is -3.07. The second-order valence-corrected chi connectivity index (χ2v) is 8.78. The zero-order valence-corrected chi connectivity index (χ0v) is 19.2. The molecule has 168 valence electrons. The number of sulfonamides is 1. The van der Waals surface area contributed by atoms with Gasteiger partial charge in [0.25, 0.3) is 0 Å². The van der Waals surface area contributed by atoms with Gasteiger partial charge in [0.1, 0.15) is 11.8 Å². The lowest BCUT2D eigenvalue weighted by molar-refractivity contribution is -0.117. The largest absolute Gasteiger partial charge is 0.497 e. The highest BCUT2D eigenvalue weighted by Crippen LogP contribution is 2.26. The van der Waals surface area contributed by atoms with Crippen LogP contribution in [0.5, 0.6) is 5.75 Å². The van der Waals surface area contributed by atoms with Crippen LogP contribution in [0.4, 0.5) is 11.4 Å². The molecule has 2 rings (SSSR count). The summed E-state index contributed by atoms with van der Waals surface area (Å²) in [6.45, 7) is 5.47. The van der Waals surface area contributed by atoms with Crippen LogP contribution in [0.3, 0.4) is 0 Å². The van der Waals surface area contributed by atoms with Crippen molar-refractivity contribution in [3.8, 4) is 5.75 Å². The van der Waals surface area contributed by atoms with Gasteiger partial charge in [-0.2, -0.15) is 0 Å². The maximum atomic E-state index is 13.1. The number of carbonyl (C=O) groups is 2. The topological polar surface area (TPSA) is 102 Å². The summed E-state index contributed by atoms with van der Waals surface area (Å²) in [7, 11) is -2.24. The molecule has 0 aliphatic rings. The summed E-state index contributed by atoms with van der Waals surface area (Å²) in [5.74, 6) is -0.347. The fourth-order valence-corrected chi connectivity index (χ4v) is 4.36. The minimum absolute atomic E-state index is 0.255. The maximum absolute atomic E-state index is 13.1. The van der Waals surface area contributed by atoms with Crippen LogP contribution in [0.25, 0.3) is 0 Å². The zero-order chi connectivity index (χ0) is 23.2. The number of amides is 1. The highest BCUT2D eigenvalue weighted by Gasteiger charge is 2.31. The first-order chi connectivity index (χ1) is 14.6. The average Bonchev–Trinajstić information content (AvgIpc) is 2.72. The van der Waals surface area contributed by atoms with E-state index in [1.807, 2.05) is 0 Å². The molecule has 1 atom stereocenters. The SMILES string of the molecule is CCOC(=O)c1ccc(NC(=O)C(CC)N(c2ccc(OC)cc2)S(C)(=O)=O)c(C)c1. The van der Waals surface area contributed by atoms with Gasteiger partial charge in [0, 0.05) is 5.69 Å². The summed E-state index contributed by atoms with van der Waals surface area (Å²) in [5, 5.41) is 2.78. The van der Waals surface area contributed by atoms with Crippen molar-refractivity contribution in [2.45, 2.75) is 33.2 Å². The van der Waals surface area contributed by atoms with Gasteiger partial charge in [0.2, 0.25) is 15.9 Å². The third kappa shape index (κ3) is 5.97. The van der Waals surface area contributed by atoms with E-state index in [1.165, 1.54) is 7.11 Å². The van der Waals surface area contributed by atoms with Crippen molar-refractivity contribution in [1.29, 1.82) is 0 Å². The molecule has 0 bridgehead atoms. The minimum Gasteiger partial charge on any atom is -0.497 e. The van der Waals surface area contributed by atoms with Crippen molar-refractivity contribution in [1.82, 2.24) is 0 Å². The molecule has 31 heavy (non-hydrogen) atoms. The number of aryl methyl sites for hydroxylation is 1. The normalized spacial score (nSPS) is 12.0. The summed E-state index contributed by atoms with van der Waals surface area (Å²) in [4.78, 5) is 25.0. The van der Waals surface area contributed by atoms with Gasteiger partial charge in [-0.25, -0.2) is 13.2 Å². The second kappa shape index (κ2) is 10.3. The minimum atomic E-state index is -3.75. The van der Waals surface area contributed by atoms with Gasteiger partial charge in [-0.15, -0.1) is 0 Å². The Bertz CT molecular complexity index is 1030. The van der Waals surface area contributed by atoms with Crippen LogP contribution in [0.1, 0.15) is 36.2 Å². The third-order valence-electron chi connectivity index (χ3n) is 4.65. The lowest BCUT2D eigenvalue weighted by atomic mass is 10.1. The van der Waals surface area contributed by atoms with E-state index in [0.29, 0.717) is 28.3 Å². The van der Waals surface area contributed by atoms with Gasteiger partial charge < -0.3 is 14.8 Å². The number of ether oxygens (including phenoxy) is 2. The molecular formula is C22H28N2O6S. The third-order valence-corrected chi connectivity index (χ3v) is 5.83. The predicted octanol–water partition coefficient (Wildman–Crippen LogP) is 3.36. The van der Waals surface area contributed by atoms with Crippen molar-refractivity contribution in [3.63, 3.8) is 0 Å². The standard InChI is InChI=1S/C22H28N2O6S/c1-6-20(24(31(5,27)28)17-9-11-18(29-4)12-10-17)21(25)23-19-13-8-16(14-15(19)3)22(26)30-7-2/h8-14,20H,6-7H2,1-5H3,(H,23,25). The monoisotopic (exact) mass is 448 g/mol. The first-order valence-electron chi connectivity index (χ1n) is 9.84. The smallest absolute Gasteiger partial charge is 0.338 e. The van der Waals surface area contributed by atoms with Crippen LogP contribution in [0, 0.1) is 6.92 Å². The van der Waals surface area contributed by atoms with Crippen molar-refractivity contribution < 1.29 is 27.5 Å². The number of nitrogens with one attached hydrogen (secondary N) is 1. The van der Waals surface area contributed by atoms with Crippen molar-refractivity contribution in [3.05, 3.63) is 53.6 Å². The lowest BCUT2D eigenvalue weighted by Crippen LogP contribution is -2.47. The number of carbonyl (C=O) groups excluding carboxylic acids is 2. The first-order valence-corrected chi connectivity index (χ1v) is 11.7.